The molecule has 2 atom stereocenters. The maximum atomic E-state index is 13.2. The summed E-state index contributed by atoms with van der Waals surface area (Å²) in [5.41, 5.74) is 0.629. The van der Waals surface area contributed by atoms with Crippen molar-refractivity contribution in [3.05, 3.63) is 35.6 Å². The Morgan fingerprint density at radius 2 is 1.80 bits per heavy atom. The third kappa shape index (κ3) is 4.15. The third-order valence-electron chi connectivity index (χ3n) is 4.83. The number of rotatable bonds is 4. The molecule has 2 fully saturated rings. The SMILES string of the molecule is O=C(O)C1CC1C(=O)N1CCCN(C(=O)Cc2cccc(F)c2)CC1. The second-order valence-electron chi connectivity index (χ2n) is 6.65. The van der Waals surface area contributed by atoms with E-state index in [1.807, 2.05) is 0 Å². The molecule has 0 radical (unpaired) electrons. The van der Waals surface area contributed by atoms with Crippen molar-refractivity contribution in [3.8, 4) is 0 Å². The molecule has 7 heteroatoms. The molecule has 1 aromatic rings. The summed E-state index contributed by atoms with van der Waals surface area (Å²) in [5.74, 6) is -2.45. The molecule has 1 saturated heterocycles. The first-order chi connectivity index (χ1) is 12.0. The van der Waals surface area contributed by atoms with Crippen LogP contribution in [0.5, 0.6) is 0 Å². The summed E-state index contributed by atoms with van der Waals surface area (Å²) in [6.07, 6.45) is 1.20. The molecule has 2 unspecified atom stereocenters. The van der Waals surface area contributed by atoms with Crippen molar-refractivity contribution in [3.63, 3.8) is 0 Å². The summed E-state index contributed by atoms with van der Waals surface area (Å²) >= 11 is 0. The lowest BCUT2D eigenvalue weighted by molar-refractivity contribution is -0.142. The molecule has 0 bridgehead atoms. The number of carbonyl (C=O) groups is 3. The van der Waals surface area contributed by atoms with Gasteiger partial charge in [-0.15, -0.1) is 0 Å². The zero-order chi connectivity index (χ0) is 18.0. The number of hydrogen-bond donors (Lipinski definition) is 1. The molecule has 6 nitrogen and oxygen atoms in total. The zero-order valence-electron chi connectivity index (χ0n) is 13.9. The smallest absolute Gasteiger partial charge is 0.307 e. The van der Waals surface area contributed by atoms with Gasteiger partial charge in [0.2, 0.25) is 11.8 Å². The van der Waals surface area contributed by atoms with Crippen LogP contribution in [0.25, 0.3) is 0 Å². The molecule has 2 aliphatic rings. The lowest BCUT2D eigenvalue weighted by atomic mass is 10.1. The minimum Gasteiger partial charge on any atom is -0.481 e. The highest BCUT2D eigenvalue weighted by Crippen LogP contribution is 2.40. The Balaban J connectivity index is 1.53. The monoisotopic (exact) mass is 348 g/mol. The average molecular weight is 348 g/mol. The van der Waals surface area contributed by atoms with Gasteiger partial charge in [0.15, 0.2) is 0 Å². The van der Waals surface area contributed by atoms with Crippen molar-refractivity contribution in [1.82, 2.24) is 9.80 Å². The Kier molecular flexibility index (Phi) is 5.01. The summed E-state index contributed by atoms with van der Waals surface area (Å²) in [6, 6.07) is 5.99. The normalized spacial score (nSPS) is 23.1. The van der Waals surface area contributed by atoms with Gasteiger partial charge in [-0.05, 0) is 30.5 Å². The van der Waals surface area contributed by atoms with Gasteiger partial charge in [-0.1, -0.05) is 12.1 Å². The molecule has 1 saturated carbocycles. The lowest BCUT2D eigenvalue weighted by Gasteiger charge is -2.22. The molecule has 3 rings (SSSR count). The predicted octanol–water partition coefficient (Wildman–Crippen LogP) is 1.15. The Morgan fingerprint density at radius 1 is 1.08 bits per heavy atom. The van der Waals surface area contributed by atoms with E-state index in [0.717, 1.165) is 0 Å². The van der Waals surface area contributed by atoms with Crippen molar-refractivity contribution >= 4 is 17.8 Å². The van der Waals surface area contributed by atoms with Crippen molar-refractivity contribution in [2.45, 2.75) is 19.3 Å². The van der Waals surface area contributed by atoms with E-state index in [0.29, 0.717) is 44.6 Å². The maximum Gasteiger partial charge on any atom is 0.307 e. The molecule has 0 aromatic heterocycles. The highest BCUT2D eigenvalue weighted by atomic mass is 19.1. The van der Waals surface area contributed by atoms with Crippen LogP contribution in [0.1, 0.15) is 18.4 Å². The summed E-state index contributed by atoms with van der Waals surface area (Å²) < 4.78 is 13.2. The Hall–Kier alpha value is -2.44. The number of amides is 2. The van der Waals surface area contributed by atoms with Gasteiger partial charge in [-0.3, -0.25) is 14.4 Å². The van der Waals surface area contributed by atoms with E-state index >= 15 is 0 Å². The molecule has 25 heavy (non-hydrogen) atoms. The first kappa shape index (κ1) is 17.4. The van der Waals surface area contributed by atoms with Gasteiger partial charge in [0, 0.05) is 26.2 Å². The molecule has 0 spiro atoms. The number of carboxylic acids is 1. The van der Waals surface area contributed by atoms with E-state index in [-0.39, 0.29) is 24.1 Å². The van der Waals surface area contributed by atoms with Gasteiger partial charge in [0.1, 0.15) is 5.82 Å². The number of hydrogen-bond acceptors (Lipinski definition) is 3. The summed E-state index contributed by atoms with van der Waals surface area (Å²) in [5, 5.41) is 8.95. The van der Waals surface area contributed by atoms with E-state index in [1.54, 1.807) is 21.9 Å². The van der Waals surface area contributed by atoms with Crippen LogP contribution < -0.4 is 0 Å². The van der Waals surface area contributed by atoms with Crippen LogP contribution in [-0.4, -0.2) is 58.9 Å². The van der Waals surface area contributed by atoms with Crippen LogP contribution in [0, 0.1) is 17.7 Å². The van der Waals surface area contributed by atoms with Gasteiger partial charge in [0.05, 0.1) is 18.3 Å². The van der Waals surface area contributed by atoms with Crippen LogP contribution >= 0.6 is 0 Å². The fourth-order valence-electron chi connectivity index (χ4n) is 3.30. The van der Waals surface area contributed by atoms with Gasteiger partial charge in [-0.2, -0.15) is 0 Å². The molecule has 1 heterocycles. The molecule has 1 N–H and O–H groups in total. The topological polar surface area (TPSA) is 77.9 Å². The maximum absolute atomic E-state index is 13.2. The first-order valence-corrected chi connectivity index (χ1v) is 8.49. The van der Waals surface area contributed by atoms with Gasteiger partial charge in [-0.25, -0.2) is 4.39 Å². The van der Waals surface area contributed by atoms with Crippen LogP contribution in [0.2, 0.25) is 0 Å². The first-order valence-electron chi connectivity index (χ1n) is 8.49. The van der Waals surface area contributed by atoms with Crippen molar-refractivity contribution in [2.24, 2.45) is 11.8 Å². The van der Waals surface area contributed by atoms with Crippen molar-refractivity contribution in [1.29, 1.82) is 0 Å². The molecule has 1 aliphatic heterocycles. The van der Waals surface area contributed by atoms with E-state index in [4.69, 9.17) is 5.11 Å². The number of benzene rings is 1. The summed E-state index contributed by atoms with van der Waals surface area (Å²) in [4.78, 5) is 39.0. The molecule has 1 aromatic carbocycles. The van der Waals surface area contributed by atoms with Crippen LogP contribution in [0.4, 0.5) is 4.39 Å². The quantitative estimate of drug-likeness (QED) is 0.885. The number of aliphatic carboxylic acids is 1. The third-order valence-corrected chi connectivity index (χ3v) is 4.83. The minimum atomic E-state index is -0.917. The predicted molar refractivity (Wildman–Crippen MR) is 87.1 cm³/mol. The standard InChI is InChI=1S/C18H21FN2O4/c19-13-4-1-3-12(9-13)10-16(22)20-5-2-6-21(8-7-20)17(23)14-11-15(14)18(24)25/h1,3-4,9,14-15H,2,5-8,10-11H2,(H,24,25). The minimum absolute atomic E-state index is 0.0882. The van der Waals surface area contributed by atoms with Gasteiger partial charge < -0.3 is 14.9 Å². The van der Waals surface area contributed by atoms with E-state index < -0.39 is 17.8 Å². The Bertz CT molecular complexity index is 693. The lowest BCUT2D eigenvalue weighted by Crippen LogP contribution is -2.38. The Labute approximate surface area is 145 Å². The summed E-state index contributed by atoms with van der Waals surface area (Å²) in [6.45, 7) is 1.91. The second-order valence-corrected chi connectivity index (χ2v) is 6.65. The number of halogens is 1. The molecular weight excluding hydrogens is 327 g/mol. The van der Waals surface area contributed by atoms with Crippen LogP contribution in [0.15, 0.2) is 24.3 Å². The molecular formula is C18H21FN2O4. The Morgan fingerprint density at radius 3 is 2.48 bits per heavy atom. The highest BCUT2D eigenvalue weighted by molar-refractivity contribution is 5.89. The van der Waals surface area contributed by atoms with E-state index in [1.165, 1.54) is 12.1 Å². The van der Waals surface area contributed by atoms with Crippen molar-refractivity contribution in [2.75, 3.05) is 26.2 Å². The van der Waals surface area contributed by atoms with Gasteiger partial charge in [0.25, 0.3) is 0 Å². The molecule has 134 valence electrons. The van der Waals surface area contributed by atoms with Crippen molar-refractivity contribution < 1.29 is 23.9 Å². The molecule has 1 aliphatic carbocycles. The largest absolute Gasteiger partial charge is 0.481 e. The van der Waals surface area contributed by atoms with E-state index in [9.17, 15) is 18.8 Å². The van der Waals surface area contributed by atoms with Crippen LogP contribution in [-0.2, 0) is 20.8 Å². The second kappa shape index (κ2) is 7.21. The zero-order valence-corrected chi connectivity index (χ0v) is 13.9. The number of carbonyl (C=O) groups excluding carboxylic acids is 2. The molecule has 2 amide bonds. The highest BCUT2D eigenvalue weighted by Gasteiger charge is 2.49. The van der Waals surface area contributed by atoms with Gasteiger partial charge >= 0.3 is 5.97 Å². The fraction of sp³-hybridized carbons (Fsp3) is 0.500. The van der Waals surface area contributed by atoms with Crippen LogP contribution in [0.3, 0.4) is 0 Å². The average Bonchev–Trinajstić information content (AvgIpc) is 3.38. The fourth-order valence-corrected chi connectivity index (χ4v) is 3.30. The van der Waals surface area contributed by atoms with E-state index in [2.05, 4.69) is 0 Å². The number of carboxylic acid groups (broad SMARTS) is 1. The summed E-state index contributed by atoms with van der Waals surface area (Å²) in [7, 11) is 0. The number of nitrogens with zero attached hydrogens (tertiary/aromatic N) is 2.